The molecule has 0 N–H and O–H groups in total. The molecule has 0 unspecified atom stereocenters. The van der Waals surface area contributed by atoms with E-state index in [1.165, 1.54) is 25.7 Å². The summed E-state index contributed by atoms with van der Waals surface area (Å²) in [6.45, 7) is 6.49. The number of carbonyl (C=O) groups is 1. The Hall–Kier alpha value is -0.570. The molecule has 0 radical (unpaired) electrons. The van der Waals surface area contributed by atoms with Crippen LogP contribution in [0, 0.1) is 5.41 Å². The summed E-state index contributed by atoms with van der Waals surface area (Å²) in [5.41, 5.74) is 0.570. The summed E-state index contributed by atoms with van der Waals surface area (Å²) in [5, 5.41) is 0. The number of rotatable bonds is 3. The Labute approximate surface area is 91.8 Å². The molecule has 3 heteroatoms. The van der Waals surface area contributed by atoms with Gasteiger partial charge < -0.3 is 4.74 Å². The molecule has 1 atom stereocenters. The third kappa shape index (κ3) is 2.03. The molecule has 3 nitrogen and oxygen atoms in total. The molecule has 0 aromatic carbocycles. The molecule has 0 bridgehead atoms. The van der Waals surface area contributed by atoms with Crippen molar-refractivity contribution in [1.29, 1.82) is 0 Å². The molecule has 2 fully saturated rings. The van der Waals surface area contributed by atoms with E-state index < -0.39 is 0 Å². The smallest absolute Gasteiger partial charge is 0.323 e. The fourth-order valence-corrected chi connectivity index (χ4v) is 2.80. The highest BCUT2D eigenvalue weighted by Gasteiger charge is 2.44. The van der Waals surface area contributed by atoms with Crippen molar-refractivity contribution >= 4 is 5.97 Å². The van der Waals surface area contributed by atoms with Crippen molar-refractivity contribution < 1.29 is 9.53 Å². The SMILES string of the molecule is CCOC(=O)[C@H](C)N1CCC2(CCC2)C1. The van der Waals surface area contributed by atoms with Crippen LogP contribution in [0.25, 0.3) is 0 Å². The average molecular weight is 211 g/mol. The van der Waals surface area contributed by atoms with Gasteiger partial charge in [-0.1, -0.05) is 6.42 Å². The molecule has 2 rings (SSSR count). The molecule has 0 aromatic rings. The fraction of sp³-hybridized carbons (Fsp3) is 0.917. The third-order valence-electron chi connectivity index (χ3n) is 4.06. The number of hydrogen-bond donors (Lipinski definition) is 0. The number of nitrogens with zero attached hydrogens (tertiary/aromatic N) is 1. The molecule has 1 saturated carbocycles. The van der Waals surface area contributed by atoms with Crippen LogP contribution in [0.5, 0.6) is 0 Å². The molecule has 1 saturated heterocycles. The number of carbonyl (C=O) groups excluding carboxylic acids is 1. The fourth-order valence-electron chi connectivity index (χ4n) is 2.80. The monoisotopic (exact) mass is 211 g/mol. The van der Waals surface area contributed by atoms with Crippen molar-refractivity contribution in [2.24, 2.45) is 5.41 Å². The second-order valence-electron chi connectivity index (χ2n) is 5.00. The summed E-state index contributed by atoms with van der Waals surface area (Å²) < 4.78 is 5.06. The van der Waals surface area contributed by atoms with Crippen LogP contribution in [-0.2, 0) is 9.53 Å². The Kier molecular flexibility index (Phi) is 3.01. The van der Waals surface area contributed by atoms with Crippen molar-refractivity contribution in [1.82, 2.24) is 4.90 Å². The van der Waals surface area contributed by atoms with Gasteiger partial charge in [-0.15, -0.1) is 0 Å². The van der Waals surface area contributed by atoms with E-state index in [4.69, 9.17) is 4.74 Å². The molecule has 15 heavy (non-hydrogen) atoms. The lowest BCUT2D eigenvalue weighted by atomic mass is 9.68. The first-order chi connectivity index (χ1) is 7.17. The molecular weight excluding hydrogens is 190 g/mol. The summed E-state index contributed by atoms with van der Waals surface area (Å²) in [5.74, 6) is -0.0612. The maximum absolute atomic E-state index is 11.6. The quantitative estimate of drug-likeness (QED) is 0.667. The van der Waals surface area contributed by atoms with Crippen LogP contribution < -0.4 is 0 Å². The number of esters is 1. The maximum atomic E-state index is 11.6. The van der Waals surface area contributed by atoms with Crippen molar-refractivity contribution in [2.75, 3.05) is 19.7 Å². The van der Waals surface area contributed by atoms with Gasteiger partial charge >= 0.3 is 5.97 Å². The summed E-state index contributed by atoms with van der Waals surface area (Å²) >= 11 is 0. The van der Waals surface area contributed by atoms with Crippen molar-refractivity contribution in [3.8, 4) is 0 Å². The van der Waals surface area contributed by atoms with Crippen molar-refractivity contribution in [3.63, 3.8) is 0 Å². The molecule has 1 aliphatic carbocycles. The van der Waals surface area contributed by atoms with Gasteiger partial charge in [0, 0.05) is 6.54 Å². The van der Waals surface area contributed by atoms with Crippen LogP contribution >= 0.6 is 0 Å². The molecule has 86 valence electrons. The minimum atomic E-state index is -0.0612. The highest BCUT2D eigenvalue weighted by atomic mass is 16.5. The van der Waals surface area contributed by atoms with E-state index in [-0.39, 0.29) is 12.0 Å². The Balaban J connectivity index is 1.87. The first-order valence-electron chi connectivity index (χ1n) is 6.07. The number of hydrogen-bond acceptors (Lipinski definition) is 3. The zero-order chi connectivity index (χ0) is 10.9. The van der Waals surface area contributed by atoms with Crippen LogP contribution in [0.2, 0.25) is 0 Å². The van der Waals surface area contributed by atoms with Gasteiger partial charge in [-0.25, -0.2) is 0 Å². The van der Waals surface area contributed by atoms with Gasteiger partial charge in [0.1, 0.15) is 6.04 Å². The molecule has 0 amide bonds. The molecule has 1 aliphatic heterocycles. The lowest BCUT2D eigenvalue weighted by Crippen LogP contribution is -2.41. The Morgan fingerprint density at radius 2 is 2.20 bits per heavy atom. The first-order valence-corrected chi connectivity index (χ1v) is 6.07. The molecular formula is C12H21NO2. The van der Waals surface area contributed by atoms with Gasteiger partial charge in [0.05, 0.1) is 6.61 Å². The van der Waals surface area contributed by atoms with Gasteiger partial charge in [-0.05, 0) is 45.1 Å². The molecule has 2 aliphatic rings. The number of likely N-dealkylation sites (tertiary alicyclic amines) is 1. The Morgan fingerprint density at radius 1 is 1.47 bits per heavy atom. The van der Waals surface area contributed by atoms with E-state index in [2.05, 4.69) is 4.90 Å². The minimum Gasteiger partial charge on any atom is -0.465 e. The van der Waals surface area contributed by atoms with Gasteiger partial charge in [0.2, 0.25) is 0 Å². The highest BCUT2D eigenvalue weighted by molar-refractivity contribution is 5.75. The van der Waals surface area contributed by atoms with Gasteiger partial charge in [-0.3, -0.25) is 9.69 Å². The van der Waals surface area contributed by atoms with Crippen molar-refractivity contribution in [3.05, 3.63) is 0 Å². The minimum absolute atomic E-state index is 0.0510. The normalized spacial score (nSPS) is 26.3. The predicted molar refractivity (Wildman–Crippen MR) is 58.6 cm³/mol. The average Bonchev–Trinajstić information content (AvgIpc) is 2.61. The second kappa shape index (κ2) is 4.12. The Bertz CT molecular complexity index is 248. The predicted octanol–water partition coefficient (Wildman–Crippen LogP) is 1.81. The largest absolute Gasteiger partial charge is 0.465 e. The summed E-state index contributed by atoms with van der Waals surface area (Å²) in [4.78, 5) is 13.9. The highest BCUT2D eigenvalue weighted by Crippen LogP contribution is 2.48. The lowest BCUT2D eigenvalue weighted by Gasteiger charge is -2.38. The molecule has 1 heterocycles. The zero-order valence-corrected chi connectivity index (χ0v) is 9.79. The van der Waals surface area contributed by atoms with Crippen molar-refractivity contribution in [2.45, 2.75) is 45.6 Å². The van der Waals surface area contributed by atoms with E-state index in [0.29, 0.717) is 12.0 Å². The first kappa shape index (κ1) is 10.9. The van der Waals surface area contributed by atoms with E-state index in [1.54, 1.807) is 0 Å². The van der Waals surface area contributed by atoms with Gasteiger partial charge in [0.15, 0.2) is 0 Å². The summed E-state index contributed by atoms with van der Waals surface area (Å²) in [6, 6.07) is -0.0510. The molecule has 1 spiro atoms. The van der Waals surface area contributed by atoms with Gasteiger partial charge in [-0.2, -0.15) is 0 Å². The topological polar surface area (TPSA) is 29.5 Å². The van der Waals surface area contributed by atoms with Crippen LogP contribution in [0.1, 0.15) is 39.5 Å². The van der Waals surface area contributed by atoms with Gasteiger partial charge in [0.25, 0.3) is 0 Å². The van der Waals surface area contributed by atoms with E-state index in [9.17, 15) is 4.79 Å². The lowest BCUT2D eigenvalue weighted by molar-refractivity contribution is -0.148. The summed E-state index contributed by atoms with van der Waals surface area (Å²) in [6.07, 6.45) is 5.37. The third-order valence-corrected chi connectivity index (χ3v) is 4.06. The van der Waals surface area contributed by atoms with Crippen LogP contribution in [0.15, 0.2) is 0 Å². The number of ether oxygens (including phenoxy) is 1. The van der Waals surface area contributed by atoms with E-state index in [1.807, 2.05) is 13.8 Å². The second-order valence-corrected chi connectivity index (χ2v) is 5.00. The van der Waals surface area contributed by atoms with E-state index >= 15 is 0 Å². The zero-order valence-electron chi connectivity index (χ0n) is 9.79. The summed E-state index contributed by atoms with van der Waals surface area (Å²) in [7, 11) is 0. The van der Waals surface area contributed by atoms with Crippen LogP contribution in [0.3, 0.4) is 0 Å². The van der Waals surface area contributed by atoms with Crippen LogP contribution in [-0.4, -0.2) is 36.6 Å². The van der Waals surface area contributed by atoms with E-state index in [0.717, 1.165) is 13.1 Å². The maximum Gasteiger partial charge on any atom is 0.323 e. The standard InChI is InChI=1S/C12H21NO2/c1-3-15-11(14)10(2)13-8-7-12(9-13)5-4-6-12/h10H,3-9H2,1-2H3/t10-/m0/s1. The Morgan fingerprint density at radius 3 is 2.67 bits per heavy atom. The van der Waals surface area contributed by atoms with Crippen LogP contribution in [0.4, 0.5) is 0 Å². The molecule has 0 aromatic heterocycles.